The number of benzene rings is 4. The molecular formula is C86H100N6O2. The fourth-order valence-corrected chi connectivity index (χ4v) is 12.7. The van der Waals surface area contributed by atoms with E-state index < -0.39 is 0 Å². The van der Waals surface area contributed by atoms with Gasteiger partial charge in [-0.25, -0.2) is 9.97 Å². The number of nitrogens with zero attached hydrogens (tertiary/aromatic N) is 4. The lowest BCUT2D eigenvalue weighted by atomic mass is 10.0. The Bertz CT molecular complexity index is 3660. The summed E-state index contributed by atoms with van der Waals surface area (Å²) in [5.74, 6) is 15.5. The lowest BCUT2D eigenvalue weighted by Gasteiger charge is -2.09. The van der Waals surface area contributed by atoms with Crippen molar-refractivity contribution in [3.63, 3.8) is 0 Å². The highest BCUT2D eigenvalue weighted by Crippen LogP contribution is 2.36. The van der Waals surface area contributed by atoms with Gasteiger partial charge in [0, 0.05) is 33.3 Å². The van der Waals surface area contributed by atoms with E-state index in [1.165, 1.54) is 193 Å². The molecule has 0 unspecified atom stereocenters. The fraction of sp³-hybridized carbons (Fsp3) is 0.419. The molecule has 0 atom stereocenters. The van der Waals surface area contributed by atoms with Crippen LogP contribution in [0.2, 0.25) is 0 Å². The van der Waals surface area contributed by atoms with Crippen molar-refractivity contribution in [1.82, 2.24) is 19.9 Å². The van der Waals surface area contributed by atoms with Crippen LogP contribution in [0.4, 0.5) is 0 Å². The molecule has 3 aromatic heterocycles. The minimum Gasteiger partial charge on any atom is -0.494 e. The maximum Gasteiger partial charge on any atom is 0.119 e. The van der Waals surface area contributed by atoms with Gasteiger partial charge in [0.1, 0.15) is 11.5 Å². The molecule has 8 bridgehead atoms. The SMILES string of the molecule is CCCCCCCCCCCCCCCCCCOc1ccc(-c2c3nc(c(C#Cc4ccc(C#N)cc4)c4ccc([nH]4)c(-c4ccc(OCCCCCCCCCCCCCCCCCC)cc4)c4nc(c(C#Cc5ccc(C#N)cc5)c5ccc2[nH]5)C=C4)C=C3)cc1. The van der Waals surface area contributed by atoms with Gasteiger partial charge in [-0.3, -0.25) is 0 Å². The Morgan fingerprint density at radius 1 is 0.298 bits per heavy atom. The van der Waals surface area contributed by atoms with E-state index in [9.17, 15) is 10.5 Å². The smallest absolute Gasteiger partial charge is 0.119 e. The van der Waals surface area contributed by atoms with Crippen LogP contribution in [0.5, 0.6) is 11.5 Å². The number of aromatic nitrogens is 4. The average molecular weight is 1250 g/mol. The summed E-state index contributed by atoms with van der Waals surface area (Å²) in [7, 11) is 0. The van der Waals surface area contributed by atoms with Gasteiger partial charge in [-0.1, -0.05) is 254 Å². The topological polar surface area (TPSA) is 123 Å². The van der Waals surface area contributed by atoms with Crippen LogP contribution >= 0.6 is 0 Å². The summed E-state index contributed by atoms with van der Waals surface area (Å²) in [6.45, 7) is 5.95. The molecular weight excluding hydrogens is 1150 g/mol. The lowest BCUT2D eigenvalue weighted by molar-refractivity contribution is 0.304. The first-order chi connectivity index (χ1) is 46.5. The zero-order chi connectivity index (χ0) is 65.0. The van der Waals surface area contributed by atoms with Crippen LogP contribution in [0, 0.1) is 46.3 Å². The van der Waals surface area contributed by atoms with Crippen LogP contribution in [0.15, 0.2) is 121 Å². The quantitative estimate of drug-likeness (QED) is 0.0293. The van der Waals surface area contributed by atoms with Gasteiger partial charge in [0.05, 0.1) is 81.4 Å². The third-order valence-electron chi connectivity index (χ3n) is 18.3. The molecule has 486 valence electrons. The van der Waals surface area contributed by atoms with Gasteiger partial charge < -0.3 is 19.4 Å². The highest BCUT2D eigenvalue weighted by atomic mass is 16.5. The highest BCUT2D eigenvalue weighted by Gasteiger charge is 2.18. The first-order valence-electron chi connectivity index (χ1n) is 36.2. The summed E-state index contributed by atoms with van der Waals surface area (Å²) in [5.41, 5.74) is 14.2. The number of fused-ring (bicyclic) bond motifs is 8. The number of unbranched alkanes of at least 4 members (excludes halogenated alkanes) is 30. The van der Waals surface area contributed by atoms with E-state index in [4.69, 9.17) is 19.4 Å². The second-order valence-electron chi connectivity index (χ2n) is 25.7. The molecule has 0 radical (unpaired) electrons. The van der Waals surface area contributed by atoms with E-state index in [1.54, 1.807) is 24.3 Å². The Balaban J connectivity index is 0.955. The molecule has 7 aromatic rings. The van der Waals surface area contributed by atoms with Crippen LogP contribution in [0.25, 0.3) is 68.6 Å². The maximum atomic E-state index is 9.58. The number of nitriles is 2. The van der Waals surface area contributed by atoms with Crippen LogP contribution in [-0.4, -0.2) is 33.1 Å². The monoisotopic (exact) mass is 1250 g/mol. The fourth-order valence-electron chi connectivity index (χ4n) is 12.7. The number of hydrogen-bond donors (Lipinski definition) is 2. The van der Waals surface area contributed by atoms with Gasteiger partial charge in [-0.2, -0.15) is 10.5 Å². The molecule has 2 aliphatic rings. The summed E-state index contributed by atoms with van der Waals surface area (Å²) in [6, 6.07) is 44.3. The minimum absolute atomic E-state index is 0.579. The van der Waals surface area contributed by atoms with E-state index >= 15 is 0 Å². The van der Waals surface area contributed by atoms with Crippen molar-refractivity contribution in [2.24, 2.45) is 0 Å². The zero-order valence-electron chi connectivity index (χ0n) is 56.5. The van der Waals surface area contributed by atoms with Crippen LogP contribution in [-0.2, 0) is 0 Å². The van der Waals surface area contributed by atoms with E-state index in [0.717, 1.165) is 102 Å². The summed E-state index contributed by atoms with van der Waals surface area (Å²) < 4.78 is 12.7. The first-order valence-corrected chi connectivity index (χ1v) is 36.2. The van der Waals surface area contributed by atoms with E-state index in [0.29, 0.717) is 35.7 Å². The van der Waals surface area contributed by atoms with E-state index in [-0.39, 0.29) is 0 Å². The van der Waals surface area contributed by atoms with Crippen LogP contribution < -0.4 is 9.47 Å². The summed E-state index contributed by atoms with van der Waals surface area (Å²) in [5, 5.41) is 19.2. The number of nitrogens with one attached hydrogen (secondary N) is 2. The molecule has 0 spiro atoms. The highest BCUT2D eigenvalue weighted by molar-refractivity contribution is 5.95. The van der Waals surface area contributed by atoms with Gasteiger partial charge in [-0.05, 0) is 145 Å². The van der Waals surface area contributed by atoms with Crippen molar-refractivity contribution >= 4 is 46.4 Å². The molecule has 0 saturated heterocycles. The molecule has 5 heterocycles. The van der Waals surface area contributed by atoms with Crippen molar-refractivity contribution in [1.29, 1.82) is 10.5 Å². The van der Waals surface area contributed by atoms with E-state index in [2.05, 4.69) is 145 Å². The lowest BCUT2D eigenvalue weighted by Crippen LogP contribution is -1.97. The Labute approximate surface area is 562 Å². The molecule has 8 heteroatoms. The zero-order valence-corrected chi connectivity index (χ0v) is 56.5. The number of aromatic amines is 2. The Morgan fingerprint density at radius 3 is 0.883 bits per heavy atom. The predicted molar refractivity (Wildman–Crippen MR) is 394 cm³/mol. The Morgan fingerprint density at radius 2 is 0.574 bits per heavy atom. The Hall–Kier alpha value is -8.82. The summed E-state index contributed by atoms with van der Waals surface area (Å²) in [4.78, 5) is 18.5. The van der Waals surface area contributed by atoms with Crippen molar-refractivity contribution < 1.29 is 9.47 Å². The molecule has 8 nitrogen and oxygen atoms in total. The minimum atomic E-state index is 0.579. The van der Waals surface area contributed by atoms with Crippen LogP contribution in [0.3, 0.4) is 0 Å². The largest absolute Gasteiger partial charge is 0.494 e. The normalized spacial score (nSPS) is 11.4. The number of ether oxygens (including phenoxy) is 2. The van der Waals surface area contributed by atoms with Crippen molar-refractivity contribution in [3.05, 3.63) is 177 Å². The maximum absolute atomic E-state index is 9.58. The first kappa shape index (κ1) is 69.5. The number of hydrogen-bond acceptors (Lipinski definition) is 6. The molecule has 2 N–H and O–H groups in total. The third kappa shape index (κ3) is 22.2. The molecule has 2 aliphatic heterocycles. The van der Waals surface area contributed by atoms with Gasteiger partial charge >= 0.3 is 0 Å². The van der Waals surface area contributed by atoms with Gasteiger partial charge in [0.25, 0.3) is 0 Å². The summed E-state index contributed by atoms with van der Waals surface area (Å²) in [6.07, 6.45) is 51.0. The van der Waals surface area contributed by atoms with Gasteiger partial charge in [0.2, 0.25) is 0 Å². The van der Waals surface area contributed by atoms with Crippen molar-refractivity contribution in [2.75, 3.05) is 13.2 Å². The molecule has 9 rings (SSSR count). The Kier molecular flexibility index (Phi) is 29.3. The number of rotatable bonds is 38. The second kappa shape index (κ2) is 39.7. The third-order valence-corrected chi connectivity index (χ3v) is 18.3. The molecule has 0 saturated carbocycles. The molecule has 0 aliphatic carbocycles. The molecule has 4 aromatic carbocycles. The van der Waals surface area contributed by atoms with Crippen molar-refractivity contribution in [3.8, 4) is 69.6 Å². The second-order valence-corrected chi connectivity index (χ2v) is 25.7. The average Bonchev–Trinajstić information content (AvgIpc) is 1.64. The molecule has 0 amide bonds. The number of H-pyrrole nitrogens is 2. The van der Waals surface area contributed by atoms with E-state index in [1.807, 2.05) is 36.4 Å². The molecule has 94 heavy (non-hydrogen) atoms. The predicted octanol–water partition coefficient (Wildman–Crippen LogP) is 23.8. The van der Waals surface area contributed by atoms with Gasteiger partial charge in [-0.15, -0.1) is 0 Å². The van der Waals surface area contributed by atoms with Crippen LogP contribution in [0.1, 0.15) is 275 Å². The van der Waals surface area contributed by atoms with Gasteiger partial charge in [0.15, 0.2) is 0 Å². The van der Waals surface area contributed by atoms with Crippen molar-refractivity contribution in [2.45, 2.75) is 219 Å². The summed E-state index contributed by atoms with van der Waals surface area (Å²) >= 11 is 0. The molecule has 0 fully saturated rings. The standard InChI is InChI=1S/C86H100N6O2/c1-3-5-7-9-11-13-15-17-19-21-23-25-27-29-31-33-63-93-73-49-45-71(46-50-73)85-81-59-55-77(89-81)75(53-43-67-35-39-69(65-87)40-36-67)79-57-61-83(91-79)86(84-62-58-80(92-84)76(78-56-60-82(85)90-78)54-44-68-37-41-70(66-88)42-38-68)72-47-51-74(52-48-72)94-64-34-32-30-28-26-24-22-20-18-16-14-12-10-8-6-4-2/h35-42,45-52,55-62,89,92H,3-34,63-64H2,1-2H3.